The van der Waals surface area contributed by atoms with Crippen molar-refractivity contribution in [2.75, 3.05) is 32.0 Å². The number of nitrogens with one attached hydrogen (secondary N) is 1. The number of benzene rings is 1. The number of hydrogen-bond acceptors (Lipinski definition) is 3. The fraction of sp³-hybridized carbons (Fsp3) is 0.579. The zero-order valence-electron chi connectivity index (χ0n) is 15.9. The number of anilines is 1. The van der Waals surface area contributed by atoms with Gasteiger partial charge in [-0.3, -0.25) is 0 Å². The number of amides is 3. The highest BCUT2D eigenvalue weighted by atomic mass is 35.5. The highest BCUT2D eigenvalue weighted by molar-refractivity contribution is 6.30. The van der Waals surface area contributed by atoms with Gasteiger partial charge in [-0.25, -0.2) is 9.59 Å². The summed E-state index contributed by atoms with van der Waals surface area (Å²) >= 11 is 5.96. The maximum Gasteiger partial charge on any atom is 0.410 e. The molecule has 26 heavy (non-hydrogen) atoms. The fourth-order valence-electron chi connectivity index (χ4n) is 2.97. The van der Waals surface area contributed by atoms with Gasteiger partial charge in [-0.05, 0) is 57.7 Å². The van der Waals surface area contributed by atoms with Crippen LogP contribution in [0.2, 0.25) is 5.02 Å². The molecule has 7 heteroatoms. The van der Waals surface area contributed by atoms with Gasteiger partial charge in [0.1, 0.15) is 5.60 Å². The Morgan fingerprint density at radius 2 is 2.12 bits per heavy atom. The van der Waals surface area contributed by atoms with Crippen LogP contribution in [-0.2, 0) is 4.74 Å². The van der Waals surface area contributed by atoms with Crippen LogP contribution in [0.4, 0.5) is 15.3 Å². The molecule has 0 aromatic heterocycles. The minimum absolute atomic E-state index is 0.142. The van der Waals surface area contributed by atoms with Gasteiger partial charge in [-0.2, -0.15) is 0 Å². The standard InChI is InChI=1S/C19H28ClN3O3/c1-19(2,3)26-18(25)22(4)12-14-7-6-10-23(13-14)17(24)21-16-9-5-8-15(20)11-16/h5,8-9,11,14H,6-7,10,12-13H2,1-4H3,(H,21,24)/t14-/m0/s1. The summed E-state index contributed by atoms with van der Waals surface area (Å²) in [6.45, 7) is 7.43. The number of carbonyl (C=O) groups excluding carboxylic acids is 2. The highest BCUT2D eigenvalue weighted by Gasteiger charge is 2.27. The van der Waals surface area contributed by atoms with Crippen molar-refractivity contribution in [2.24, 2.45) is 5.92 Å². The van der Waals surface area contributed by atoms with Gasteiger partial charge in [0.2, 0.25) is 0 Å². The molecule has 3 amide bonds. The smallest absolute Gasteiger partial charge is 0.410 e. The second-order valence-electron chi connectivity index (χ2n) is 7.76. The van der Waals surface area contributed by atoms with Gasteiger partial charge in [0.25, 0.3) is 0 Å². The summed E-state index contributed by atoms with van der Waals surface area (Å²) in [5.74, 6) is 0.228. The quantitative estimate of drug-likeness (QED) is 0.841. The molecule has 1 atom stereocenters. The molecule has 2 rings (SSSR count). The lowest BCUT2D eigenvalue weighted by Gasteiger charge is -2.35. The van der Waals surface area contributed by atoms with E-state index >= 15 is 0 Å². The van der Waals surface area contributed by atoms with Gasteiger partial charge in [0.05, 0.1) is 0 Å². The van der Waals surface area contributed by atoms with Crippen molar-refractivity contribution in [1.82, 2.24) is 9.80 Å². The average molecular weight is 382 g/mol. The molecular weight excluding hydrogens is 354 g/mol. The van der Waals surface area contributed by atoms with E-state index in [4.69, 9.17) is 16.3 Å². The third-order valence-corrected chi connectivity index (χ3v) is 4.35. The monoisotopic (exact) mass is 381 g/mol. The molecule has 1 aromatic rings. The van der Waals surface area contributed by atoms with Crippen molar-refractivity contribution in [3.63, 3.8) is 0 Å². The average Bonchev–Trinajstić information content (AvgIpc) is 2.53. The molecule has 1 heterocycles. The molecule has 0 saturated carbocycles. The van der Waals surface area contributed by atoms with E-state index in [1.165, 1.54) is 0 Å². The van der Waals surface area contributed by atoms with Crippen molar-refractivity contribution in [3.8, 4) is 0 Å². The SMILES string of the molecule is CN(C[C@@H]1CCCN(C(=O)Nc2cccc(Cl)c2)C1)C(=O)OC(C)(C)C. The van der Waals surface area contributed by atoms with Crippen LogP contribution in [-0.4, -0.2) is 54.2 Å². The summed E-state index contributed by atoms with van der Waals surface area (Å²) in [5, 5.41) is 3.46. The van der Waals surface area contributed by atoms with Crippen LogP contribution in [0.15, 0.2) is 24.3 Å². The van der Waals surface area contributed by atoms with Crippen molar-refractivity contribution < 1.29 is 14.3 Å². The van der Waals surface area contributed by atoms with Gasteiger partial charge < -0.3 is 19.9 Å². The van der Waals surface area contributed by atoms with Crippen molar-refractivity contribution in [1.29, 1.82) is 0 Å². The molecule has 0 aliphatic carbocycles. The maximum absolute atomic E-state index is 12.5. The number of piperidine rings is 1. The van der Waals surface area contributed by atoms with Crippen molar-refractivity contribution in [3.05, 3.63) is 29.3 Å². The molecule has 0 radical (unpaired) electrons. The van der Waals surface area contributed by atoms with Crippen LogP contribution in [0.1, 0.15) is 33.6 Å². The Morgan fingerprint density at radius 3 is 2.77 bits per heavy atom. The Kier molecular flexibility index (Phi) is 6.75. The topological polar surface area (TPSA) is 61.9 Å². The van der Waals surface area contributed by atoms with Crippen LogP contribution < -0.4 is 5.32 Å². The summed E-state index contributed by atoms with van der Waals surface area (Å²) in [6, 6.07) is 6.95. The van der Waals surface area contributed by atoms with Gasteiger partial charge in [-0.1, -0.05) is 17.7 Å². The predicted molar refractivity (Wildman–Crippen MR) is 104 cm³/mol. The van der Waals surface area contributed by atoms with E-state index < -0.39 is 5.60 Å². The minimum atomic E-state index is -0.513. The molecule has 144 valence electrons. The van der Waals surface area contributed by atoms with E-state index in [0.29, 0.717) is 30.3 Å². The van der Waals surface area contributed by atoms with Crippen LogP contribution in [0.3, 0.4) is 0 Å². The first-order valence-corrected chi connectivity index (χ1v) is 9.27. The molecule has 6 nitrogen and oxygen atoms in total. The molecule has 1 aromatic carbocycles. The number of carbonyl (C=O) groups is 2. The first-order chi connectivity index (χ1) is 12.1. The van der Waals surface area contributed by atoms with Gasteiger partial charge >= 0.3 is 12.1 Å². The Morgan fingerprint density at radius 1 is 1.38 bits per heavy atom. The summed E-state index contributed by atoms with van der Waals surface area (Å²) in [4.78, 5) is 28.0. The Bertz CT molecular complexity index is 645. The third kappa shape index (κ3) is 6.41. The number of rotatable bonds is 3. The summed E-state index contributed by atoms with van der Waals surface area (Å²) in [6.07, 6.45) is 1.56. The number of ether oxygens (including phenoxy) is 1. The van der Waals surface area contributed by atoms with Gasteiger partial charge in [-0.15, -0.1) is 0 Å². The number of nitrogens with zero attached hydrogens (tertiary/aromatic N) is 2. The van der Waals surface area contributed by atoms with E-state index in [-0.39, 0.29) is 18.0 Å². The number of likely N-dealkylation sites (tertiary alicyclic amines) is 1. The van der Waals surface area contributed by atoms with Crippen LogP contribution >= 0.6 is 11.6 Å². The maximum atomic E-state index is 12.5. The van der Waals surface area contributed by atoms with E-state index in [1.54, 1.807) is 35.0 Å². The first kappa shape index (κ1) is 20.4. The van der Waals surface area contributed by atoms with E-state index in [1.807, 2.05) is 26.8 Å². The minimum Gasteiger partial charge on any atom is -0.444 e. The molecule has 0 spiro atoms. The second-order valence-corrected chi connectivity index (χ2v) is 8.19. The predicted octanol–water partition coefficient (Wildman–Crippen LogP) is 4.45. The largest absolute Gasteiger partial charge is 0.444 e. The van der Waals surface area contributed by atoms with Crippen LogP contribution in [0.25, 0.3) is 0 Å². The molecule has 0 bridgehead atoms. The van der Waals surface area contributed by atoms with E-state index in [9.17, 15) is 9.59 Å². The van der Waals surface area contributed by atoms with Crippen LogP contribution in [0, 0.1) is 5.92 Å². The number of urea groups is 1. The summed E-state index contributed by atoms with van der Waals surface area (Å²) < 4.78 is 5.39. The van der Waals surface area contributed by atoms with Gasteiger partial charge in [0.15, 0.2) is 0 Å². The van der Waals surface area contributed by atoms with Crippen LogP contribution in [0.5, 0.6) is 0 Å². The number of halogens is 1. The number of hydrogen-bond donors (Lipinski definition) is 1. The molecule has 1 N–H and O–H groups in total. The lowest BCUT2D eigenvalue weighted by Crippen LogP contribution is -2.46. The van der Waals surface area contributed by atoms with E-state index in [2.05, 4.69) is 5.32 Å². The van der Waals surface area contributed by atoms with Gasteiger partial charge in [0, 0.05) is 37.4 Å². The highest BCUT2D eigenvalue weighted by Crippen LogP contribution is 2.20. The molecule has 1 fully saturated rings. The Balaban J connectivity index is 1.88. The normalized spacial score (nSPS) is 17.6. The summed E-state index contributed by atoms with van der Waals surface area (Å²) in [7, 11) is 1.74. The fourth-order valence-corrected chi connectivity index (χ4v) is 3.16. The molecule has 1 aliphatic rings. The lowest BCUT2D eigenvalue weighted by molar-refractivity contribution is 0.0253. The van der Waals surface area contributed by atoms with Crippen molar-refractivity contribution in [2.45, 2.75) is 39.2 Å². The zero-order chi connectivity index (χ0) is 19.3. The third-order valence-electron chi connectivity index (χ3n) is 4.12. The van der Waals surface area contributed by atoms with E-state index in [0.717, 1.165) is 12.8 Å². The van der Waals surface area contributed by atoms with Crippen molar-refractivity contribution >= 4 is 29.4 Å². The Labute approximate surface area is 160 Å². The molecule has 0 unspecified atom stereocenters. The molecule has 1 saturated heterocycles. The zero-order valence-corrected chi connectivity index (χ0v) is 16.7. The second kappa shape index (κ2) is 8.62. The molecule has 1 aliphatic heterocycles. The molecular formula is C19H28ClN3O3. The summed E-state index contributed by atoms with van der Waals surface area (Å²) in [5.41, 5.74) is 0.163. The Hall–Kier alpha value is -1.95. The lowest BCUT2D eigenvalue weighted by atomic mass is 9.98. The first-order valence-electron chi connectivity index (χ1n) is 8.89.